The molecule has 0 amide bonds. The Labute approximate surface area is 113 Å². The van der Waals surface area contributed by atoms with Gasteiger partial charge in [-0.05, 0) is 44.9 Å². The van der Waals surface area contributed by atoms with Crippen molar-refractivity contribution in [3.63, 3.8) is 0 Å². The summed E-state index contributed by atoms with van der Waals surface area (Å²) < 4.78 is -0.649. The van der Waals surface area contributed by atoms with Gasteiger partial charge in [0.2, 0.25) is 0 Å². The van der Waals surface area contributed by atoms with Gasteiger partial charge in [0, 0.05) is 10.8 Å². The third kappa shape index (κ3) is 1.85. The lowest BCUT2D eigenvalue weighted by Crippen LogP contribution is -2.60. The maximum Gasteiger partial charge on any atom is 0.145 e. The molecule has 3 aliphatic rings. The minimum Gasteiger partial charge on any atom is -0.298 e. The third-order valence-electron chi connectivity index (χ3n) is 5.25. The molecule has 96 valence electrons. The Hall–Kier alpha value is 0.250. The second kappa shape index (κ2) is 3.87. The van der Waals surface area contributed by atoms with Crippen LogP contribution in [0.5, 0.6) is 0 Å². The Morgan fingerprint density at radius 1 is 0.765 bits per heavy atom. The molecule has 0 heterocycles. The molecule has 3 rings (SSSR count). The summed E-state index contributed by atoms with van der Waals surface area (Å²) in [6.07, 6.45) is 10.6. The zero-order chi connectivity index (χ0) is 12.1. The molecular weight excluding hydrogens is 255 g/mol. The van der Waals surface area contributed by atoms with E-state index >= 15 is 0 Å². The predicted molar refractivity (Wildman–Crippen MR) is 70.5 cm³/mol. The van der Waals surface area contributed by atoms with Gasteiger partial charge in [0.25, 0.3) is 0 Å². The highest BCUT2D eigenvalue weighted by molar-refractivity contribution is 6.48. The van der Waals surface area contributed by atoms with E-state index in [0.717, 1.165) is 38.5 Å². The number of hydrogen-bond acceptors (Lipinski definition) is 1. The summed E-state index contributed by atoms with van der Waals surface area (Å²) >= 11 is 12.5. The Balaban J connectivity index is 1.77. The van der Waals surface area contributed by atoms with Crippen LogP contribution in [-0.4, -0.2) is 10.1 Å². The average Bonchev–Trinajstić information content (AvgIpc) is 2.28. The molecule has 1 nitrogen and oxygen atoms in total. The summed E-state index contributed by atoms with van der Waals surface area (Å²) in [7, 11) is 0. The van der Waals surface area contributed by atoms with E-state index < -0.39 is 4.33 Å². The second-order valence-corrected chi connectivity index (χ2v) is 8.15. The molecule has 0 aromatic carbocycles. The molecule has 1 unspecified atom stereocenters. The number of alkyl halides is 2. The summed E-state index contributed by atoms with van der Waals surface area (Å²) in [6, 6.07) is 0. The molecule has 0 saturated heterocycles. The van der Waals surface area contributed by atoms with E-state index in [0.29, 0.717) is 12.2 Å². The van der Waals surface area contributed by atoms with Crippen molar-refractivity contribution in [2.24, 2.45) is 10.8 Å². The Morgan fingerprint density at radius 3 is 2.00 bits per heavy atom. The first kappa shape index (κ1) is 12.3. The number of halogens is 2. The monoisotopic (exact) mass is 274 g/mol. The van der Waals surface area contributed by atoms with Crippen LogP contribution in [0.1, 0.15) is 64.2 Å². The highest BCUT2D eigenvalue weighted by atomic mass is 35.5. The summed E-state index contributed by atoms with van der Waals surface area (Å²) in [6.45, 7) is 0. The van der Waals surface area contributed by atoms with Gasteiger partial charge in [0.15, 0.2) is 0 Å². The lowest BCUT2D eigenvalue weighted by Gasteiger charge is -2.59. The number of rotatable bonds is 0. The predicted octanol–water partition coefficient (Wildman–Crippen LogP) is 4.64. The lowest BCUT2D eigenvalue weighted by atomic mass is 9.44. The molecule has 0 radical (unpaired) electrons. The third-order valence-corrected chi connectivity index (χ3v) is 5.89. The van der Waals surface area contributed by atoms with E-state index in [1.165, 1.54) is 19.3 Å². The first-order chi connectivity index (χ1) is 7.98. The van der Waals surface area contributed by atoms with Crippen molar-refractivity contribution in [3.05, 3.63) is 0 Å². The van der Waals surface area contributed by atoms with Crippen LogP contribution in [0.4, 0.5) is 0 Å². The molecule has 3 saturated carbocycles. The van der Waals surface area contributed by atoms with E-state index in [-0.39, 0.29) is 10.8 Å². The highest BCUT2D eigenvalue weighted by Crippen LogP contribution is 2.65. The molecular formula is C14H20Cl2O. The van der Waals surface area contributed by atoms with Crippen molar-refractivity contribution in [1.82, 2.24) is 0 Å². The minimum atomic E-state index is -0.649. The fourth-order valence-corrected chi connectivity index (χ4v) is 5.38. The Morgan fingerprint density at radius 2 is 1.41 bits per heavy atom. The van der Waals surface area contributed by atoms with Gasteiger partial charge >= 0.3 is 0 Å². The standard InChI is InChI=1S/C14H20Cl2O/c15-14(16)8-4-7-13(10-14)9-12(11(13)17)5-2-1-3-6-12/h1-10H2. The van der Waals surface area contributed by atoms with Crippen LogP contribution >= 0.6 is 23.2 Å². The largest absolute Gasteiger partial charge is 0.298 e. The molecule has 0 bridgehead atoms. The van der Waals surface area contributed by atoms with Crippen LogP contribution in [0.3, 0.4) is 0 Å². The molecule has 3 aliphatic carbocycles. The van der Waals surface area contributed by atoms with E-state index in [9.17, 15) is 4.79 Å². The lowest BCUT2D eigenvalue weighted by molar-refractivity contribution is -0.167. The summed E-state index contributed by atoms with van der Waals surface area (Å²) in [4.78, 5) is 12.7. The van der Waals surface area contributed by atoms with Gasteiger partial charge in [-0.3, -0.25) is 4.79 Å². The number of hydrogen-bond donors (Lipinski definition) is 0. The van der Waals surface area contributed by atoms with E-state index in [2.05, 4.69) is 0 Å². The zero-order valence-electron chi connectivity index (χ0n) is 10.2. The smallest absolute Gasteiger partial charge is 0.145 e. The van der Waals surface area contributed by atoms with Crippen LogP contribution in [0.15, 0.2) is 0 Å². The average molecular weight is 275 g/mol. The van der Waals surface area contributed by atoms with Crippen LogP contribution < -0.4 is 0 Å². The van der Waals surface area contributed by atoms with Crippen molar-refractivity contribution >= 4 is 29.0 Å². The first-order valence-electron chi connectivity index (χ1n) is 6.91. The van der Waals surface area contributed by atoms with Crippen LogP contribution in [0.2, 0.25) is 0 Å². The molecule has 1 atom stereocenters. The highest BCUT2D eigenvalue weighted by Gasteiger charge is 2.64. The van der Waals surface area contributed by atoms with Gasteiger partial charge in [-0.25, -0.2) is 0 Å². The fraction of sp³-hybridized carbons (Fsp3) is 0.929. The number of ketones is 1. The Bertz CT molecular complexity index is 344. The second-order valence-electron chi connectivity index (χ2n) is 6.51. The normalized spacial score (nSPS) is 39.3. The van der Waals surface area contributed by atoms with Gasteiger partial charge in [0.05, 0.1) is 0 Å². The van der Waals surface area contributed by atoms with E-state index in [4.69, 9.17) is 23.2 Å². The maximum atomic E-state index is 12.7. The van der Waals surface area contributed by atoms with Crippen LogP contribution in [0, 0.1) is 10.8 Å². The van der Waals surface area contributed by atoms with Gasteiger partial charge in [0.1, 0.15) is 10.1 Å². The van der Waals surface area contributed by atoms with E-state index in [1.54, 1.807) is 0 Å². The molecule has 0 aliphatic heterocycles. The SMILES string of the molecule is O=C1C2(CCCCC2)CC12CCCC(Cl)(Cl)C2. The summed E-state index contributed by atoms with van der Waals surface area (Å²) in [5, 5.41) is 0. The molecule has 17 heavy (non-hydrogen) atoms. The molecule has 0 aromatic heterocycles. The van der Waals surface area contributed by atoms with Crippen molar-refractivity contribution in [2.75, 3.05) is 0 Å². The molecule has 0 aromatic rings. The Kier molecular flexibility index (Phi) is 2.80. The first-order valence-corrected chi connectivity index (χ1v) is 7.67. The molecule has 2 spiro atoms. The van der Waals surface area contributed by atoms with Crippen LogP contribution in [0.25, 0.3) is 0 Å². The van der Waals surface area contributed by atoms with E-state index in [1.807, 2.05) is 0 Å². The van der Waals surface area contributed by atoms with Crippen molar-refractivity contribution < 1.29 is 4.79 Å². The van der Waals surface area contributed by atoms with Gasteiger partial charge in [-0.2, -0.15) is 0 Å². The fourth-order valence-electron chi connectivity index (χ4n) is 4.60. The van der Waals surface area contributed by atoms with Gasteiger partial charge in [-0.15, -0.1) is 23.2 Å². The molecule has 3 fully saturated rings. The quantitative estimate of drug-likeness (QED) is 0.588. The molecule has 0 N–H and O–H groups in total. The summed E-state index contributed by atoms with van der Waals surface area (Å²) in [5.41, 5.74) is -0.0987. The number of carbonyl (C=O) groups is 1. The number of carbonyl (C=O) groups excluding carboxylic acids is 1. The van der Waals surface area contributed by atoms with Crippen LogP contribution in [-0.2, 0) is 4.79 Å². The van der Waals surface area contributed by atoms with Gasteiger partial charge in [-0.1, -0.05) is 19.3 Å². The van der Waals surface area contributed by atoms with Crippen molar-refractivity contribution in [2.45, 2.75) is 68.5 Å². The molecule has 3 heteroatoms. The zero-order valence-corrected chi connectivity index (χ0v) is 11.7. The maximum absolute atomic E-state index is 12.7. The number of Topliss-reactive ketones (excluding diaryl/α,β-unsaturated/α-hetero) is 1. The topological polar surface area (TPSA) is 17.1 Å². The van der Waals surface area contributed by atoms with Crippen molar-refractivity contribution in [1.29, 1.82) is 0 Å². The van der Waals surface area contributed by atoms with Gasteiger partial charge < -0.3 is 0 Å². The minimum absolute atomic E-state index is 0.0411. The van der Waals surface area contributed by atoms with Crippen molar-refractivity contribution in [3.8, 4) is 0 Å². The summed E-state index contributed by atoms with van der Waals surface area (Å²) in [5.74, 6) is 0.509.